The van der Waals surface area contributed by atoms with E-state index in [9.17, 15) is 19.5 Å². The van der Waals surface area contributed by atoms with Crippen LogP contribution in [0.15, 0.2) is 61.1 Å². The fourth-order valence-electron chi connectivity index (χ4n) is 4.85. The number of aromatic nitrogens is 2. The Balaban J connectivity index is 1.28. The molecule has 1 heterocycles. The number of carbonyl (C=O) groups is 3. The predicted octanol–water partition coefficient (Wildman–Crippen LogP) is 2.98. The fourth-order valence-corrected chi connectivity index (χ4v) is 4.85. The maximum atomic E-state index is 13.0. The summed E-state index contributed by atoms with van der Waals surface area (Å²) in [5.74, 6) is -1.76. The Kier molecular flexibility index (Phi) is 5.98. The van der Waals surface area contributed by atoms with Crippen LogP contribution in [0.3, 0.4) is 0 Å². The molecular weight excluding hydrogens is 448 g/mol. The van der Waals surface area contributed by atoms with Crippen molar-refractivity contribution in [3.05, 3.63) is 77.9 Å². The van der Waals surface area contributed by atoms with Crippen LogP contribution in [0, 0.1) is 0 Å². The smallest absolute Gasteiger partial charge is 0.407 e. The highest BCUT2D eigenvalue weighted by atomic mass is 16.5. The minimum atomic E-state index is -1.29. The molecule has 1 atom stereocenters. The summed E-state index contributed by atoms with van der Waals surface area (Å²) in [4.78, 5) is 44.4. The molecule has 1 fully saturated rings. The number of aliphatic carboxylic acids is 1. The highest BCUT2D eigenvalue weighted by Gasteiger charge is 2.46. The van der Waals surface area contributed by atoms with E-state index in [0.29, 0.717) is 18.5 Å². The van der Waals surface area contributed by atoms with Crippen LogP contribution in [0.5, 0.6) is 0 Å². The van der Waals surface area contributed by atoms with E-state index < -0.39 is 29.6 Å². The number of rotatable bonds is 8. The topological polar surface area (TPSA) is 133 Å². The van der Waals surface area contributed by atoms with Gasteiger partial charge in [-0.3, -0.25) is 4.79 Å². The van der Waals surface area contributed by atoms with Crippen molar-refractivity contribution < 1.29 is 24.2 Å². The van der Waals surface area contributed by atoms with Crippen molar-refractivity contribution in [1.82, 2.24) is 20.6 Å². The van der Waals surface area contributed by atoms with Gasteiger partial charge in [-0.05, 0) is 41.5 Å². The van der Waals surface area contributed by atoms with Crippen LogP contribution in [-0.4, -0.2) is 51.2 Å². The van der Waals surface area contributed by atoms with Crippen LogP contribution < -0.4 is 10.6 Å². The highest BCUT2D eigenvalue weighted by molar-refractivity contribution is 5.92. The van der Waals surface area contributed by atoms with Crippen molar-refractivity contribution in [3.63, 3.8) is 0 Å². The first kappa shape index (κ1) is 22.6. The number of alkyl carbamates (subject to hydrolysis) is 1. The van der Waals surface area contributed by atoms with E-state index in [0.717, 1.165) is 28.7 Å². The number of hydrogen-bond acceptors (Lipinski definition) is 5. The molecule has 2 aliphatic rings. The summed E-state index contributed by atoms with van der Waals surface area (Å²) in [6.07, 6.45) is 3.83. The van der Waals surface area contributed by atoms with Crippen molar-refractivity contribution in [3.8, 4) is 11.1 Å². The molecule has 1 unspecified atom stereocenters. The van der Waals surface area contributed by atoms with Crippen LogP contribution >= 0.6 is 0 Å². The molecule has 9 nitrogen and oxygen atoms in total. The summed E-state index contributed by atoms with van der Waals surface area (Å²) in [7, 11) is 0. The number of H-pyrrole nitrogens is 1. The highest BCUT2D eigenvalue weighted by Crippen LogP contribution is 2.44. The quantitative estimate of drug-likeness (QED) is 0.397. The molecule has 0 radical (unpaired) electrons. The Labute approximate surface area is 201 Å². The van der Waals surface area contributed by atoms with Crippen molar-refractivity contribution in [2.24, 2.45) is 0 Å². The van der Waals surface area contributed by atoms with Crippen LogP contribution in [0.4, 0.5) is 4.79 Å². The van der Waals surface area contributed by atoms with Gasteiger partial charge in [-0.1, -0.05) is 48.5 Å². The molecule has 5 rings (SSSR count). The molecule has 2 amide bonds. The minimum Gasteiger partial charge on any atom is -0.480 e. The number of aromatic amines is 1. The maximum Gasteiger partial charge on any atom is 0.407 e. The van der Waals surface area contributed by atoms with Gasteiger partial charge in [-0.15, -0.1) is 0 Å². The average Bonchev–Trinajstić information content (AvgIpc) is 3.45. The van der Waals surface area contributed by atoms with Gasteiger partial charge in [0.05, 0.1) is 6.33 Å². The van der Waals surface area contributed by atoms with E-state index >= 15 is 0 Å². The first-order valence-electron chi connectivity index (χ1n) is 11.6. The molecule has 1 saturated carbocycles. The molecule has 0 spiro atoms. The summed E-state index contributed by atoms with van der Waals surface area (Å²) in [6, 6.07) is 15.0. The molecule has 35 heavy (non-hydrogen) atoms. The van der Waals surface area contributed by atoms with Gasteiger partial charge >= 0.3 is 12.1 Å². The third kappa shape index (κ3) is 4.37. The maximum absolute atomic E-state index is 13.0. The lowest BCUT2D eigenvalue weighted by atomic mass is 9.76. The predicted molar refractivity (Wildman–Crippen MR) is 127 cm³/mol. The fraction of sp³-hybridized carbons (Fsp3) is 0.308. The van der Waals surface area contributed by atoms with E-state index in [4.69, 9.17) is 4.74 Å². The second-order valence-electron chi connectivity index (χ2n) is 9.03. The normalized spacial score (nSPS) is 16.3. The number of carbonyl (C=O) groups excluding carboxylic acids is 2. The molecule has 1 aromatic heterocycles. The second-order valence-corrected chi connectivity index (χ2v) is 9.03. The van der Waals surface area contributed by atoms with E-state index in [-0.39, 0.29) is 18.9 Å². The number of nitrogens with one attached hydrogen (secondary N) is 3. The van der Waals surface area contributed by atoms with E-state index in [1.165, 1.54) is 6.33 Å². The van der Waals surface area contributed by atoms with Crippen molar-refractivity contribution in [1.29, 1.82) is 0 Å². The Bertz CT molecular complexity index is 1210. The number of imidazole rings is 1. The van der Waals surface area contributed by atoms with Crippen molar-refractivity contribution in [2.75, 3.05) is 6.61 Å². The average molecular weight is 475 g/mol. The first-order valence-corrected chi connectivity index (χ1v) is 11.6. The molecule has 0 aliphatic heterocycles. The van der Waals surface area contributed by atoms with Gasteiger partial charge in [-0.25, -0.2) is 14.6 Å². The largest absolute Gasteiger partial charge is 0.480 e. The van der Waals surface area contributed by atoms with Crippen LogP contribution in [0.2, 0.25) is 0 Å². The number of fused-ring (bicyclic) bond motifs is 3. The minimum absolute atomic E-state index is 0.108. The van der Waals surface area contributed by atoms with E-state index in [1.807, 2.05) is 36.4 Å². The molecule has 0 bridgehead atoms. The Hall–Kier alpha value is -4.14. The van der Waals surface area contributed by atoms with Crippen LogP contribution in [-0.2, 0) is 20.7 Å². The van der Waals surface area contributed by atoms with Gasteiger partial charge in [0.15, 0.2) is 0 Å². The third-order valence-corrected chi connectivity index (χ3v) is 6.91. The van der Waals surface area contributed by atoms with Gasteiger partial charge in [0, 0.05) is 24.2 Å². The van der Waals surface area contributed by atoms with Gasteiger partial charge < -0.3 is 25.5 Å². The molecule has 2 aliphatic carbocycles. The number of amides is 2. The standard InChI is InChI=1S/C26H26N4O5/c31-23(30-26(24(32)33)10-5-11-26)22(12-16-13-27-15-28-16)29-25(34)35-14-21-19-8-3-1-6-17(19)18-7-2-4-9-20(18)21/h1-4,6-9,13,15,21-22H,5,10-12,14H2,(H,27,28)(H,29,34)(H,30,31)(H,32,33). The number of carboxylic acid groups (broad SMARTS) is 1. The molecular formula is C26H26N4O5. The summed E-state index contributed by atoms with van der Waals surface area (Å²) in [5, 5.41) is 14.8. The molecule has 3 aromatic rings. The lowest BCUT2D eigenvalue weighted by Gasteiger charge is -2.39. The zero-order valence-corrected chi connectivity index (χ0v) is 19.0. The molecule has 0 saturated heterocycles. The lowest BCUT2D eigenvalue weighted by molar-refractivity contribution is -0.152. The van der Waals surface area contributed by atoms with Crippen LogP contribution in [0.25, 0.3) is 11.1 Å². The SMILES string of the molecule is O=C(NC(Cc1cnc[nH]1)C(=O)NC1(C(=O)O)CCC1)OCC1c2ccccc2-c2ccccc21. The van der Waals surface area contributed by atoms with E-state index in [2.05, 4.69) is 32.7 Å². The molecule has 2 aromatic carbocycles. The summed E-state index contributed by atoms with van der Waals surface area (Å²) in [5.41, 5.74) is 3.75. The number of nitrogens with zero attached hydrogens (tertiary/aromatic N) is 1. The zero-order valence-electron chi connectivity index (χ0n) is 19.0. The number of ether oxygens (including phenoxy) is 1. The molecule has 4 N–H and O–H groups in total. The first-order chi connectivity index (χ1) is 17.0. The van der Waals surface area contributed by atoms with Crippen molar-refractivity contribution in [2.45, 2.75) is 43.2 Å². The van der Waals surface area contributed by atoms with Crippen LogP contribution in [0.1, 0.15) is 42.0 Å². The Morgan fingerprint density at radius 1 is 1.09 bits per heavy atom. The lowest BCUT2D eigenvalue weighted by Crippen LogP contribution is -2.63. The van der Waals surface area contributed by atoms with Gasteiger partial charge in [0.2, 0.25) is 5.91 Å². The molecule has 9 heteroatoms. The Morgan fingerprint density at radius 3 is 2.29 bits per heavy atom. The number of hydrogen-bond donors (Lipinski definition) is 4. The monoisotopic (exact) mass is 474 g/mol. The zero-order chi connectivity index (χ0) is 24.4. The summed E-state index contributed by atoms with van der Waals surface area (Å²) >= 11 is 0. The van der Waals surface area contributed by atoms with Gasteiger partial charge in [-0.2, -0.15) is 0 Å². The van der Waals surface area contributed by atoms with Gasteiger partial charge in [0.1, 0.15) is 18.2 Å². The van der Waals surface area contributed by atoms with Gasteiger partial charge in [0.25, 0.3) is 0 Å². The summed E-state index contributed by atoms with van der Waals surface area (Å²) in [6.45, 7) is 0.108. The summed E-state index contributed by atoms with van der Waals surface area (Å²) < 4.78 is 5.59. The number of benzene rings is 2. The van der Waals surface area contributed by atoms with E-state index in [1.54, 1.807) is 6.20 Å². The number of carboxylic acids is 1. The molecule has 180 valence electrons. The van der Waals surface area contributed by atoms with Crippen molar-refractivity contribution >= 4 is 18.0 Å². The third-order valence-electron chi connectivity index (χ3n) is 6.91. The second kappa shape index (κ2) is 9.25. The Morgan fingerprint density at radius 2 is 1.74 bits per heavy atom.